The topological polar surface area (TPSA) is 21.3 Å². The minimum Gasteiger partial charge on any atom is -0.496 e. The number of benzene rings is 2. The van der Waals surface area contributed by atoms with Crippen molar-refractivity contribution in [3.63, 3.8) is 0 Å². The van der Waals surface area contributed by atoms with Gasteiger partial charge in [0.1, 0.15) is 11.4 Å². The highest BCUT2D eigenvalue weighted by atomic mass is 19.1. The van der Waals surface area contributed by atoms with E-state index in [-0.39, 0.29) is 5.92 Å². The molecule has 0 radical (unpaired) electrons. The summed E-state index contributed by atoms with van der Waals surface area (Å²) >= 11 is 0. The second-order valence-electron chi connectivity index (χ2n) is 5.57. The number of halogens is 1. The van der Waals surface area contributed by atoms with Crippen molar-refractivity contribution in [2.45, 2.75) is 18.6 Å². The van der Waals surface area contributed by atoms with E-state index in [0.29, 0.717) is 19.5 Å². The molecule has 1 aliphatic rings. The van der Waals surface area contributed by atoms with Crippen LogP contribution in [-0.2, 0) is 12.2 Å². The molecule has 1 saturated carbocycles. The van der Waals surface area contributed by atoms with E-state index in [1.165, 1.54) is 0 Å². The molecule has 0 amide bonds. The molecule has 1 N–H and O–H groups in total. The molecule has 0 saturated heterocycles. The minimum absolute atomic E-state index is 0.0645. The Morgan fingerprint density at radius 2 is 1.86 bits per heavy atom. The Labute approximate surface area is 125 Å². The van der Waals surface area contributed by atoms with Crippen LogP contribution in [0.3, 0.4) is 0 Å². The Kier molecular flexibility index (Phi) is 3.93. The number of hydrogen-bond acceptors (Lipinski definition) is 2. The van der Waals surface area contributed by atoms with E-state index in [9.17, 15) is 4.39 Å². The predicted molar refractivity (Wildman–Crippen MR) is 82.0 cm³/mol. The van der Waals surface area contributed by atoms with E-state index >= 15 is 0 Å². The normalized spacial score (nSPS) is 23.8. The van der Waals surface area contributed by atoms with Crippen LogP contribution >= 0.6 is 0 Å². The lowest BCUT2D eigenvalue weighted by atomic mass is 10.1. The van der Waals surface area contributed by atoms with E-state index in [1.54, 1.807) is 7.11 Å². The molecule has 0 unspecified atom stereocenters. The molecule has 3 heteroatoms. The van der Waals surface area contributed by atoms with Crippen LogP contribution < -0.4 is 10.1 Å². The smallest absolute Gasteiger partial charge is 0.140 e. The number of nitrogens with one attached hydrogen (secondary N) is 1. The van der Waals surface area contributed by atoms with Crippen molar-refractivity contribution in [3.8, 4) is 5.75 Å². The third kappa shape index (κ3) is 2.93. The molecule has 2 aromatic rings. The van der Waals surface area contributed by atoms with Gasteiger partial charge in [0.05, 0.1) is 7.11 Å². The Hall–Kier alpha value is -1.87. The van der Waals surface area contributed by atoms with E-state index in [2.05, 4.69) is 5.32 Å². The van der Waals surface area contributed by atoms with Gasteiger partial charge in [-0.15, -0.1) is 0 Å². The van der Waals surface area contributed by atoms with Gasteiger partial charge in [0.2, 0.25) is 0 Å². The van der Waals surface area contributed by atoms with E-state index in [0.717, 1.165) is 16.9 Å². The maximum absolute atomic E-state index is 14.7. The van der Waals surface area contributed by atoms with Crippen molar-refractivity contribution >= 4 is 0 Å². The largest absolute Gasteiger partial charge is 0.496 e. The van der Waals surface area contributed by atoms with Crippen molar-refractivity contribution in [2.75, 3.05) is 13.7 Å². The van der Waals surface area contributed by atoms with Crippen molar-refractivity contribution in [3.05, 3.63) is 65.7 Å². The first-order valence-electron chi connectivity index (χ1n) is 7.31. The van der Waals surface area contributed by atoms with Gasteiger partial charge < -0.3 is 10.1 Å². The van der Waals surface area contributed by atoms with Crippen molar-refractivity contribution < 1.29 is 9.13 Å². The molecule has 0 spiro atoms. The summed E-state index contributed by atoms with van der Waals surface area (Å²) in [6, 6.07) is 17.4. The molecule has 0 aromatic heterocycles. The fourth-order valence-electron chi connectivity index (χ4n) is 2.83. The molecule has 1 aliphatic carbocycles. The highest BCUT2D eigenvalue weighted by Gasteiger charge is 2.55. The van der Waals surface area contributed by atoms with Gasteiger partial charge in [0, 0.05) is 24.6 Å². The molecular weight excluding hydrogens is 265 g/mol. The van der Waals surface area contributed by atoms with Gasteiger partial charge in [0.15, 0.2) is 0 Å². The van der Waals surface area contributed by atoms with E-state index in [1.807, 2.05) is 54.6 Å². The van der Waals surface area contributed by atoms with Crippen LogP contribution in [0.5, 0.6) is 5.75 Å². The summed E-state index contributed by atoms with van der Waals surface area (Å²) in [5.41, 5.74) is 0.758. The van der Waals surface area contributed by atoms with Crippen LogP contribution in [0, 0.1) is 5.92 Å². The van der Waals surface area contributed by atoms with Gasteiger partial charge in [-0.05, 0) is 18.1 Å². The highest BCUT2D eigenvalue weighted by molar-refractivity contribution is 5.33. The van der Waals surface area contributed by atoms with E-state index in [4.69, 9.17) is 4.74 Å². The number of alkyl halides is 1. The third-order valence-electron chi connectivity index (χ3n) is 4.18. The molecule has 110 valence electrons. The monoisotopic (exact) mass is 285 g/mol. The second-order valence-corrected chi connectivity index (χ2v) is 5.57. The molecular formula is C18H20FNO. The van der Waals surface area contributed by atoms with Crippen LogP contribution in [0.4, 0.5) is 4.39 Å². The van der Waals surface area contributed by atoms with Gasteiger partial charge in [-0.2, -0.15) is 0 Å². The fourth-order valence-corrected chi connectivity index (χ4v) is 2.83. The van der Waals surface area contributed by atoms with E-state index < -0.39 is 5.67 Å². The lowest BCUT2D eigenvalue weighted by Gasteiger charge is -2.11. The Balaban J connectivity index is 1.54. The third-order valence-corrected chi connectivity index (χ3v) is 4.18. The molecule has 3 rings (SSSR count). The minimum atomic E-state index is -1.14. The number of hydrogen-bond donors (Lipinski definition) is 1. The quantitative estimate of drug-likeness (QED) is 0.874. The maximum Gasteiger partial charge on any atom is 0.140 e. The summed E-state index contributed by atoms with van der Waals surface area (Å²) in [6.07, 6.45) is 0.607. The summed E-state index contributed by atoms with van der Waals surface area (Å²) in [5, 5.41) is 3.34. The number of para-hydroxylation sites is 1. The van der Waals surface area contributed by atoms with Crippen LogP contribution in [0.2, 0.25) is 0 Å². The lowest BCUT2D eigenvalue weighted by molar-refractivity contribution is 0.283. The van der Waals surface area contributed by atoms with Crippen LogP contribution in [-0.4, -0.2) is 13.7 Å². The van der Waals surface area contributed by atoms with Crippen molar-refractivity contribution in [2.24, 2.45) is 5.92 Å². The first-order chi connectivity index (χ1) is 10.2. The van der Waals surface area contributed by atoms with Gasteiger partial charge in [-0.1, -0.05) is 48.5 Å². The van der Waals surface area contributed by atoms with Crippen molar-refractivity contribution in [1.82, 2.24) is 5.32 Å². The van der Waals surface area contributed by atoms with Crippen LogP contribution in [0.15, 0.2) is 54.6 Å². The first-order valence-corrected chi connectivity index (χ1v) is 7.31. The molecule has 0 aliphatic heterocycles. The van der Waals surface area contributed by atoms with Gasteiger partial charge in [-0.25, -0.2) is 4.39 Å². The number of methoxy groups -OCH3 is 1. The van der Waals surface area contributed by atoms with Gasteiger partial charge in [0.25, 0.3) is 0 Å². The standard InChI is InChI=1S/C18H20FNO/c1-21-17-10-6-5-7-14(17)12-20-13-16-11-18(16,19)15-8-3-2-4-9-15/h2-10,16,20H,11-13H2,1H3/t16-,18+/m1/s1. The van der Waals surface area contributed by atoms with Crippen molar-refractivity contribution in [1.29, 1.82) is 0 Å². The SMILES string of the molecule is COc1ccccc1CNC[C@H]1C[C@]1(F)c1ccccc1. The zero-order chi connectivity index (χ0) is 14.7. The maximum atomic E-state index is 14.7. The zero-order valence-corrected chi connectivity index (χ0v) is 12.2. The number of ether oxygens (including phenoxy) is 1. The molecule has 2 nitrogen and oxygen atoms in total. The average Bonchev–Trinajstić information content (AvgIpc) is 3.20. The molecule has 0 bridgehead atoms. The second kappa shape index (κ2) is 5.86. The summed E-state index contributed by atoms with van der Waals surface area (Å²) < 4.78 is 20.0. The summed E-state index contributed by atoms with van der Waals surface area (Å²) in [6.45, 7) is 1.38. The Morgan fingerprint density at radius 1 is 1.14 bits per heavy atom. The molecule has 0 heterocycles. The van der Waals surface area contributed by atoms with Crippen LogP contribution in [0.25, 0.3) is 0 Å². The molecule has 1 fully saturated rings. The fraction of sp³-hybridized carbons (Fsp3) is 0.333. The van der Waals surface area contributed by atoms with Crippen LogP contribution in [0.1, 0.15) is 17.5 Å². The summed E-state index contributed by atoms with van der Waals surface area (Å²) in [7, 11) is 1.67. The van der Waals surface area contributed by atoms with Gasteiger partial charge >= 0.3 is 0 Å². The molecule has 21 heavy (non-hydrogen) atoms. The lowest BCUT2D eigenvalue weighted by Crippen LogP contribution is -2.19. The highest BCUT2D eigenvalue weighted by Crippen LogP contribution is 2.55. The number of rotatable bonds is 6. The summed E-state index contributed by atoms with van der Waals surface area (Å²) in [4.78, 5) is 0. The Morgan fingerprint density at radius 3 is 2.62 bits per heavy atom. The molecule has 2 aromatic carbocycles. The van der Waals surface area contributed by atoms with Gasteiger partial charge in [-0.3, -0.25) is 0 Å². The predicted octanol–water partition coefficient (Wildman–Crippen LogP) is 3.67. The Bertz CT molecular complexity index is 601. The summed E-state index contributed by atoms with van der Waals surface area (Å²) in [5.74, 6) is 0.935. The zero-order valence-electron chi connectivity index (χ0n) is 12.2. The average molecular weight is 285 g/mol. The first kappa shape index (κ1) is 14.1. The molecule has 2 atom stereocenters.